The van der Waals surface area contributed by atoms with Gasteiger partial charge in [-0.2, -0.15) is 0 Å². The van der Waals surface area contributed by atoms with Gasteiger partial charge in [0.1, 0.15) is 5.75 Å². The van der Waals surface area contributed by atoms with Gasteiger partial charge in [-0.05, 0) is 31.4 Å². The Morgan fingerprint density at radius 2 is 1.67 bits per heavy atom. The van der Waals surface area contributed by atoms with E-state index in [2.05, 4.69) is 58.1 Å². The van der Waals surface area contributed by atoms with Crippen LogP contribution >= 0.6 is 0 Å². The van der Waals surface area contributed by atoms with E-state index in [0.717, 1.165) is 18.9 Å². The molecule has 1 N–H and O–H groups in total. The molecule has 1 rings (SSSR count). The highest BCUT2D eigenvalue weighted by atomic mass is 16.5. The fourth-order valence-electron chi connectivity index (χ4n) is 1.75. The van der Waals surface area contributed by atoms with Gasteiger partial charge in [0.15, 0.2) is 0 Å². The Bertz CT molecular complexity index is 347. The lowest BCUT2D eigenvalue weighted by molar-refractivity contribution is 0.266. The van der Waals surface area contributed by atoms with Gasteiger partial charge in [0.25, 0.3) is 0 Å². The molecule has 0 aliphatic carbocycles. The second-order valence-electron chi connectivity index (χ2n) is 5.77. The molecule has 0 radical (unpaired) electrons. The first-order valence-electron chi connectivity index (χ1n) is 6.95. The predicted octanol–water partition coefficient (Wildman–Crippen LogP) is 4.03. The Morgan fingerprint density at radius 3 is 2.28 bits per heavy atom. The lowest BCUT2D eigenvalue weighted by Crippen LogP contribution is -2.23. The molecule has 2 heteroatoms. The minimum Gasteiger partial charge on any atom is -0.493 e. The van der Waals surface area contributed by atoms with Crippen LogP contribution in [0.5, 0.6) is 5.75 Å². The lowest BCUT2D eigenvalue weighted by atomic mass is 10.1. The number of hydrogen-bond acceptors (Lipinski definition) is 2. The van der Waals surface area contributed by atoms with E-state index in [1.165, 1.54) is 5.56 Å². The zero-order chi connectivity index (χ0) is 13.5. The second-order valence-corrected chi connectivity index (χ2v) is 5.77. The van der Waals surface area contributed by atoms with Gasteiger partial charge in [-0.1, -0.05) is 45.9 Å². The standard InChI is InChI=1S/C16H27NO/c1-12(2)10-17-14(5)15-8-6-7-9-16(15)18-11-13(3)4/h6-9,12-14,17H,10-11H2,1-5H3/t14-/m0/s1. The van der Waals surface area contributed by atoms with Crippen molar-refractivity contribution in [3.8, 4) is 5.75 Å². The number of ether oxygens (including phenoxy) is 1. The molecule has 0 amide bonds. The van der Waals surface area contributed by atoms with Crippen LogP contribution < -0.4 is 10.1 Å². The van der Waals surface area contributed by atoms with E-state index < -0.39 is 0 Å². The van der Waals surface area contributed by atoms with Crippen molar-refractivity contribution in [2.45, 2.75) is 40.7 Å². The summed E-state index contributed by atoms with van der Waals surface area (Å²) in [7, 11) is 0. The summed E-state index contributed by atoms with van der Waals surface area (Å²) in [5, 5.41) is 3.55. The van der Waals surface area contributed by atoms with E-state index >= 15 is 0 Å². The Hall–Kier alpha value is -1.02. The average Bonchev–Trinajstić information content (AvgIpc) is 2.33. The van der Waals surface area contributed by atoms with E-state index in [9.17, 15) is 0 Å². The van der Waals surface area contributed by atoms with E-state index in [1.54, 1.807) is 0 Å². The fraction of sp³-hybridized carbons (Fsp3) is 0.625. The number of benzene rings is 1. The van der Waals surface area contributed by atoms with Gasteiger partial charge < -0.3 is 10.1 Å². The SMILES string of the molecule is CC(C)CN[C@@H](C)c1ccccc1OCC(C)C. The van der Waals surface area contributed by atoms with Gasteiger partial charge in [-0.15, -0.1) is 0 Å². The smallest absolute Gasteiger partial charge is 0.124 e. The molecular weight excluding hydrogens is 222 g/mol. The molecule has 0 bridgehead atoms. The molecule has 1 atom stereocenters. The van der Waals surface area contributed by atoms with Gasteiger partial charge in [0.2, 0.25) is 0 Å². The fourth-order valence-corrected chi connectivity index (χ4v) is 1.75. The molecule has 0 aromatic heterocycles. The number of nitrogens with one attached hydrogen (secondary N) is 1. The maximum Gasteiger partial charge on any atom is 0.124 e. The van der Waals surface area contributed by atoms with Gasteiger partial charge >= 0.3 is 0 Å². The van der Waals surface area contributed by atoms with Crippen molar-refractivity contribution in [1.29, 1.82) is 0 Å². The quantitative estimate of drug-likeness (QED) is 0.788. The van der Waals surface area contributed by atoms with Crippen molar-refractivity contribution >= 4 is 0 Å². The molecule has 102 valence electrons. The summed E-state index contributed by atoms with van der Waals surface area (Å²) in [6, 6.07) is 8.65. The minimum atomic E-state index is 0.329. The van der Waals surface area contributed by atoms with E-state index in [-0.39, 0.29) is 0 Å². The normalized spacial score (nSPS) is 13.1. The number of hydrogen-bond donors (Lipinski definition) is 1. The van der Waals surface area contributed by atoms with Crippen LogP contribution in [0.3, 0.4) is 0 Å². The van der Waals surface area contributed by atoms with Crippen LogP contribution in [0.1, 0.15) is 46.2 Å². The van der Waals surface area contributed by atoms with Crippen molar-refractivity contribution in [1.82, 2.24) is 5.32 Å². The predicted molar refractivity (Wildman–Crippen MR) is 78.0 cm³/mol. The first-order valence-corrected chi connectivity index (χ1v) is 6.95. The lowest BCUT2D eigenvalue weighted by Gasteiger charge is -2.20. The molecule has 1 aromatic carbocycles. The van der Waals surface area contributed by atoms with E-state index in [0.29, 0.717) is 17.9 Å². The summed E-state index contributed by atoms with van der Waals surface area (Å²) in [5.74, 6) is 2.23. The topological polar surface area (TPSA) is 21.3 Å². The Kier molecular flexibility index (Phi) is 6.20. The summed E-state index contributed by atoms with van der Waals surface area (Å²) in [6.07, 6.45) is 0. The maximum atomic E-state index is 5.89. The van der Waals surface area contributed by atoms with Crippen LogP contribution in [0.25, 0.3) is 0 Å². The summed E-state index contributed by atoms with van der Waals surface area (Å²) >= 11 is 0. The van der Waals surface area contributed by atoms with Crippen LogP contribution in [-0.4, -0.2) is 13.2 Å². The molecule has 0 aliphatic rings. The zero-order valence-corrected chi connectivity index (χ0v) is 12.4. The van der Waals surface area contributed by atoms with Crippen LogP contribution in [0.2, 0.25) is 0 Å². The summed E-state index contributed by atoms with van der Waals surface area (Å²) in [6.45, 7) is 12.8. The highest BCUT2D eigenvalue weighted by Crippen LogP contribution is 2.25. The summed E-state index contributed by atoms with van der Waals surface area (Å²) < 4.78 is 5.89. The number of rotatable bonds is 7. The first-order chi connectivity index (χ1) is 8.50. The second kappa shape index (κ2) is 7.42. The highest BCUT2D eigenvalue weighted by Gasteiger charge is 2.11. The molecule has 0 spiro atoms. The van der Waals surface area contributed by atoms with Crippen molar-refractivity contribution < 1.29 is 4.74 Å². The maximum absolute atomic E-state index is 5.89. The van der Waals surface area contributed by atoms with Gasteiger partial charge in [-0.25, -0.2) is 0 Å². The van der Waals surface area contributed by atoms with Crippen LogP contribution in [-0.2, 0) is 0 Å². The molecular formula is C16H27NO. The molecule has 0 saturated carbocycles. The van der Waals surface area contributed by atoms with Gasteiger partial charge in [0, 0.05) is 11.6 Å². The van der Waals surface area contributed by atoms with Crippen molar-refractivity contribution in [2.24, 2.45) is 11.8 Å². The van der Waals surface area contributed by atoms with E-state index in [1.807, 2.05) is 6.07 Å². The van der Waals surface area contributed by atoms with Gasteiger partial charge in [-0.3, -0.25) is 0 Å². The molecule has 0 aliphatic heterocycles. The van der Waals surface area contributed by atoms with E-state index in [4.69, 9.17) is 4.74 Å². The summed E-state index contributed by atoms with van der Waals surface area (Å²) in [5.41, 5.74) is 1.25. The third-order valence-electron chi connectivity index (χ3n) is 2.79. The molecule has 18 heavy (non-hydrogen) atoms. The Morgan fingerprint density at radius 1 is 1.00 bits per heavy atom. The molecule has 0 heterocycles. The average molecular weight is 249 g/mol. The molecule has 0 saturated heterocycles. The Balaban J connectivity index is 2.68. The Labute approximate surface area is 112 Å². The van der Waals surface area contributed by atoms with Crippen LogP contribution in [0.4, 0.5) is 0 Å². The minimum absolute atomic E-state index is 0.329. The van der Waals surface area contributed by atoms with Gasteiger partial charge in [0.05, 0.1) is 6.61 Å². The molecule has 2 nitrogen and oxygen atoms in total. The molecule has 0 fully saturated rings. The largest absolute Gasteiger partial charge is 0.493 e. The van der Waals surface area contributed by atoms with Crippen molar-refractivity contribution in [3.63, 3.8) is 0 Å². The van der Waals surface area contributed by atoms with Crippen LogP contribution in [0.15, 0.2) is 24.3 Å². The van der Waals surface area contributed by atoms with Crippen molar-refractivity contribution in [3.05, 3.63) is 29.8 Å². The monoisotopic (exact) mass is 249 g/mol. The molecule has 0 unspecified atom stereocenters. The number of para-hydroxylation sites is 1. The molecule has 1 aromatic rings. The third kappa shape index (κ3) is 5.09. The highest BCUT2D eigenvalue weighted by molar-refractivity contribution is 5.35. The van der Waals surface area contributed by atoms with Crippen molar-refractivity contribution in [2.75, 3.05) is 13.2 Å². The van der Waals surface area contributed by atoms with Crippen LogP contribution in [0, 0.1) is 11.8 Å². The third-order valence-corrected chi connectivity index (χ3v) is 2.79. The first kappa shape index (κ1) is 15.0. The summed E-state index contributed by atoms with van der Waals surface area (Å²) in [4.78, 5) is 0. The zero-order valence-electron chi connectivity index (χ0n) is 12.4.